The smallest absolute Gasteiger partial charge is 0.273 e. The average molecular weight is 281 g/mol. The first-order chi connectivity index (χ1) is 9.18. The number of piperidine rings is 1. The Morgan fingerprint density at radius 1 is 1.53 bits per heavy atom. The van der Waals surface area contributed by atoms with Crippen molar-refractivity contribution in [1.29, 1.82) is 0 Å². The molecule has 0 bridgehead atoms. The summed E-state index contributed by atoms with van der Waals surface area (Å²) in [4.78, 5) is 29.2. The number of carbonyl (C=O) groups is 2. The third kappa shape index (κ3) is 3.76. The van der Waals surface area contributed by atoms with Crippen molar-refractivity contribution in [2.45, 2.75) is 38.6 Å². The van der Waals surface area contributed by atoms with Gasteiger partial charge in [-0.1, -0.05) is 0 Å². The zero-order valence-electron chi connectivity index (χ0n) is 11.1. The molecule has 6 heteroatoms. The van der Waals surface area contributed by atoms with Gasteiger partial charge in [0.05, 0.1) is 5.51 Å². The molecule has 0 radical (unpaired) electrons. The van der Waals surface area contributed by atoms with Gasteiger partial charge >= 0.3 is 0 Å². The van der Waals surface area contributed by atoms with Gasteiger partial charge in [-0.25, -0.2) is 4.98 Å². The molecule has 1 unspecified atom stereocenters. The second-order valence-electron chi connectivity index (χ2n) is 4.79. The van der Waals surface area contributed by atoms with Crippen molar-refractivity contribution >= 4 is 23.2 Å². The summed E-state index contributed by atoms with van der Waals surface area (Å²) in [5.41, 5.74) is 2.22. The molecule has 2 heterocycles. The molecule has 2 amide bonds. The third-order valence-electron chi connectivity index (χ3n) is 3.39. The van der Waals surface area contributed by atoms with Crippen LogP contribution in [-0.4, -0.2) is 40.8 Å². The highest BCUT2D eigenvalue weighted by Gasteiger charge is 2.27. The molecule has 104 valence electrons. The maximum atomic E-state index is 12.4. The molecule has 1 fully saturated rings. The number of carbonyl (C=O) groups excluding carboxylic acids is 2. The van der Waals surface area contributed by atoms with Crippen LogP contribution in [0.1, 0.15) is 43.1 Å². The Balaban J connectivity index is 1.95. The monoisotopic (exact) mass is 281 g/mol. The Labute approximate surface area is 117 Å². The van der Waals surface area contributed by atoms with Crippen molar-refractivity contribution in [2.75, 3.05) is 13.1 Å². The Morgan fingerprint density at radius 2 is 2.37 bits per heavy atom. The van der Waals surface area contributed by atoms with Gasteiger partial charge in [-0.05, 0) is 25.7 Å². The molecular formula is C13H19N3O2S. The van der Waals surface area contributed by atoms with Gasteiger partial charge in [-0.15, -0.1) is 11.3 Å². The van der Waals surface area contributed by atoms with Crippen molar-refractivity contribution in [2.24, 2.45) is 0 Å². The summed E-state index contributed by atoms with van der Waals surface area (Å²) in [5.74, 6) is 0.00182. The first-order valence-corrected chi connectivity index (χ1v) is 7.56. The molecule has 1 atom stereocenters. The maximum absolute atomic E-state index is 12.4. The minimum Gasteiger partial charge on any atom is -0.356 e. The predicted molar refractivity (Wildman–Crippen MR) is 74.1 cm³/mol. The van der Waals surface area contributed by atoms with Gasteiger partial charge in [0, 0.05) is 31.4 Å². The Bertz CT molecular complexity index is 433. The number of nitrogens with zero attached hydrogens (tertiary/aromatic N) is 2. The van der Waals surface area contributed by atoms with E-state index < -0.39 is 0 Å². The van der Waals surface area contributed by atoms with E-state index in [4.69, 9.17) is 0 Å². The van der Waals surface area contributed by atoms with Crippen molar-refractivity contribution in [1.82, 2.24) is 15.2 Å². The van der Waals surface area contributed by atoms with Crippen LogP contribution < -0.4 is 5.32 Å². The summed E-state index contributed by atoms with van der Waals surface area (Å²) >= 11 is 1.44. The van der Waals surface area contributed by atoms with Crippen LogP contribution in [0, 0.1) is 0 Å². The van der Waals surface area contributed by atoms with E-state index in [1.807, 2.05) is 4.90 Å². The number of thiazole rings is 1. The van der Waals surface area contributed by atoms with E-state index in [0.29, 0.717) is 12.2 Å². The van der Waals surface area contributed by atoms with Crippen LogP contribution in [0.25, 0.3) is 0 Å². The van der Waals surface area contributed by atoms with Crippen molar-refractivity contribution in [3.05, 3.63) is 16.6 Å². The molecule has 0 spiro atoms. The summed E-state index contributed by atoms with van der Waals surface area (Å²) in [6.07, 6.45) is 4.02. The van der Waals surface area contributed by atoms with Crippen LogP contribution in [-0.2, 0) is 4.79 Å². The second-order valence-corrected chi connectivity index (χ2v) is 5.51. The van der Waals surface area contributed by atoms with Gasteiger partial charge < -0.3 is 10.2 Å². The normalized spacial score (nSPS) is 19.2. The SMILES string of the molecule is CC(=O)NCCC1CCCCN1C(=O)c1cscn1. The number of likely N-dealkylation sites (tertiary alicyclic amines) is 1. The largest absolute Gasteiger partial charge is 0.356 e. The van der Waals surface area contributed by atoms with Gasteiger partial charge in [0.1, 0.15) is 5.69 Å². The Hall–Kier alpha value is -1.43. The van der Waals surface area contributed by atoms with E-state index in [0.717, 1.165) is 32.2 Å². The number of hydrogen-bond donors (Lipinski definition) is 1. The predicted octanol–water partition coefficient (Wildman–Crippen LogP) is 1.66. The van der Waals surface area contributed by atoms with Crippen LogP contribution in [0.2, 0.25) is 0 Å². The van der Waals surface area contributed by atoms with E-state index in [-0.39, 0.29) is 17.9 Å². The number of nitrogens with one attached hydrogen (secondary N) is 1. The van der Waals surface area contributed by atoms with Crippen LogP contribution in [0.3, 0.4) is 0 Å². The summed E-state index contributed by atoms with van der Waals surface area (Å²) in [5, 5.41) is 4.59. The molecule has 5 nitrogen and oxygen atoms in total. The fraction of sp³-hybridized carbons (Fsp3) is 0.615. The highest BCUT2D eigenvalue weighted by atomic mass is 32.1. The fourth-order valence-electron chi connectivity index (χ4n) is 2.45. The number of amides is 2. The lowest BCUT2D eigenvalue weighted by Crippen LogP contribution is -2.45. The molecule has 0 aliphatic carbocycles. The second kappa shape index (κ2) is 6.65. The van der Waals surface area contributed by atoms with Gasteiger partial charge in [0.15, 0.2) is 0 Å². The minimum atomic E-state index is -0.0202. The molecule has 0 saturated carbocycles. The maximum Gasteiger partial charge on any atom is 0.273 e. The first-order valence-electron chi connectivity index (χ1n) is 6.62. The quantitative estimate of drug-likeness (QED) is 0.913. The van der Waals surface area contributed by atoms with E-state index >= 15 is 0 Å². The molecule has 2 rings (SSSR count). The molecule has 1 aliphatic heterocycles. The van der Waals surface area contributed by atoms with Gasteiger partial charge in [0.25, 0.3) is 5.91 Å². The highest BCUT2D eigenvalue weighted by molar-refractivity contribution is 7.07. The number of aromatic nitrogens is 1. The topological polar surface area (TPSA) is 62.3 Å². The van der Waals surface area contributed by atoms with Gasteiger partial charge in [-0.3, -0.25) is 9.59 Å². The minimum absolute atomic E-state index is 0.0202. The van der Waals surface area contributed by atoms with E-state index in [2.05, 4.69) is 10.3 Å². The molecule has 1 aromatic heterocycles. The van der Waals surface area contributed by atoms with E-state index in [9.17, 15) is 9.59 Å². The summed E-state index contributed by atoms with van der Waals surface area (Å²) in [6.45, 7) is 2.93. The Kier molecular flexibility index (Phi) is 4.90. The lowest BCUT2D eigenvalue weighted by atomic mass is 9.99. The summed E-state index contributed by atoms with van der Waals surface area (Å²) in [7, 11) is 0. The van der Waals surface area contributed by atoms with E-state index in [1.54, 1.807) is 10.9 Å². The number of rotatable bonds is 4. The molecule has 1 aromatic rings. The zero-order valence-corrected chi connectivity index (χ0v) is 11.9. The van der Waals surface area contributed by atoms with Crippen molar-refractivity contribution in [3.63, 3.8) is 0 Å². The van der Waals surface area contributed by atoms with Crippen molar-refractivity contribution < 1.29 is 9.59 Å². The Morgan fingerprint density at radius 3 is 3.05 bits per heavy atom. The van der Waals surface area contributed by atoms with Crippen LogP contribution in [0.15, 0.2) is 10.9 Å². The molecular weight excluding hydrogens is 262 g/mol. The molecule has 1 N–H and O–H groups in total. The van der Waals surface area contributed by atoms with E-state index in [1.165, 1.54) is 18.3 Å². The van der Waals surface area contributed by atoms with Crippen LogP contribution in [0.4, 0.5) is 0 Å². The highest BCUT2D eigenvalue weighted by Crippen LogP contribution is 2.21. The zero-order chi connectivity index (χ0) is 13.7. The molecule has 19 heavy (non-hydrogen) atoms. The van der Waals surface area contributed by atoms with Crippen LogP contribution >= 0.6 is 11.3 Å². The first kappa shape index (κ1) is 14.0. The molecule has 1 saturated heterocycles. The number of hydrogen-bond acceptors (Lipinski definition) is 4. The lowest BCUT2D eigenvalue weighted by Gasteiger charge is -2.35. The third-order valence-corrected chi connectivity index (χ3v) is 3.98. The van der Waals surface area contributed by atoms with Gasteiger partial charge in [-0.2, -0.15) is 0 Å². The average Bonchev–Trinajstić information content (AvgIpc) is 2.92. The molecule has 1 aliphatic rings. The van der Waals surface area contributed by atoms with Crippen molar-refractivity contribution in [3.8, 4) is 0 Å². The summed E-state index contributed by atoms with van der Waals surface area (Å²) in [6, 6.07) is 0.217. The van der Waals surface area contributed by atoms with Gasteiger partial charge in [0.2, 0.25) is 5.91 Å². The van der Waals surface area contributed by atoms with Crippen LogP contribution in [0.5, 0.6) is 0 Å². The standard InChI is InChI=1S/C13H19N3O2S/c1-10(17)14-6-5-11-4-2-3-7-16(11)13(18)12-8-19-9-15-12/h8-9,11H,2-7H2,1H3,(H,14,17). The lowest BCUT2D eigenvalue weighted by molar-refractivity contribution is -0.119. The molecule has 0 aromatic carbocycles. The summed E-state index contributed by atoms with van der Waals surface area (Å²) < 4.78 is 0. The fourth-order valence-corrected chi connectivity index (χ4v) is 2.97.